The fourth-order valence-corrected chi connectivity index (χ4v) is 1.36. The Morgan fingerprint density at radius 1 is 1.41 bits per heavy atom. The summed E-state index contributed by atoms with van der Waals surface area (Å²) >= 11 is 0. The lowest BCUT2D eigenvalue weighted by Gasteiger charge is -2.34. The second kappa shape index (κ2) is 8.03. The van der Waals surface area contributed by atoms with Gasteiger partial charge in [-0.1, -0.05) is 12.7 Å². The highest BCUT2D eigenvalue weighted by Crippen LogP contribution is 2.13. The average Bonchev–Trinajstić information content (AvgIpc) is 2.23. The van der Waals surface area contributed by atoms with Crippen LogP contribution in [-0.2, 0) is 9.53 Å². The maximum Gasteiger partial charge on any atom is 0.311 e. The Hall–Kier alpha value is -1.13. The van der Waals surface area contributed by atoms with E-state index in [1.807, 2.05) is 25.7 Å². The van der Waals surface area contributed by atoms with Gasteiger partial charge in [0.2, 0.25) is 0 Å². The van der Waals surface area contributed by atoms with Gasteiger partial charge in [-0.3, -0.25) is 9.69 Å². The lowest BCUT2D eigenvalue weighted by Crippen LogP contribution is -2.44. The minimum atomic E-state index is -0.282. The fourth-order valence-electron chi connectivity index (χ4n) is 1.36. The predicted octanol–water partition coefficient (Wildman–Crippen LogP) is 1.71. The van der Waals surface area contributed by atoms with Crippen molar-refractivity contribution in [3.05, 3.63) is 25.0 Å². The number of esters is 1. The minimum absolute atomic E-state index is 0.0695. The topological polar surface area (TPSA) is 49.8 Å². The molecule has 0 saturated heterocycles. The van der Waals surface area contributed by atoms with Crippen LogP contribution in [0.4, 0.5) is 0 Å². The van der Waals surface area contributed by atoms with Crippen LogP contribution in [0.25, 0.3) is 0 Å². The van der Waals surface area contributed by atoms with Crippen molar-refractivity contribution >= 4 is 5.97 Å². The van der Waals surface area contributed by atoms with E-state index in [2.05, 4.69) is 6.58 Å². The Balaban J connectivity index is 4.08. The van der Waals surface area contributed by atoms with Crippen molar-refractivity contribution in [1.29, 1.82) is 0 Å². The predicted molar refractivity (Wildman–Crippen MR) is 68.5 cm³/mol. The van der Waals surface area contributed by atoms with Gasteiger partial charge < -0.3 is 9.84 Å². The Morgan fingerprint density at radius 2 is 2.06 bits per heavy atom. The van der Waals surface area contributed by atoms with Crippen molar-refractivity contribution in [3.63, 3.8) is 0 Å². The molecule has 17 heavy (non-hydrogen) atoms. The average molecular weight is 241 g/mol. The molecule has 0 aliphatic rings. The highest BCUT2D eigenvalue weighted by atomic mass is 16.5. The van der Waals surface area contributed by atoms with E-state index in [9.17, 15) is 4.79 Å². The number of carbonyl (C=O) groups excluding carboxylic acids is 1. The molecule has 0 bridgehead atoms. The fraction of sp³-hybridized carbons (Fsp3) is 0.615. The molecule has 0 aliphatic heterocycles. The van der Waals surface area contributed by atoms with Crippen molar-refractivity contribution in [1.82, 2.24) is 4.90 Å². The van der Waals surface area contributed by atoms with Gasteiger partial charge in [-0.2, -0.15) is 0 Å². The number of rotatable bonds is 7. The zero-order valence-electron chi connectivity index (χ0n) is 11.0. The Kier molecular flexibility index (Phi) is 7.50. The normalized spacial score (nSPS) is 12.1. The van der Waals surface area contributed by atoms with Gasteiger partial charge in [-0.05, 0) is 26.8 Å². The second-order valence-corrected chi connectivity index (χ2v) is 4.69. The summed E-state index contributed by atoms with van der Waals surface area (Å²) in [5, 5.41) is 8.96. The van der Waals surface area contributed by atoms with E-state index in [0.29, 0.717) is 19.5 Å². The van der Waals surface area contributed by atoms with E-state index in [4.69, 9.17) is 9.84 Å². The van der Waals surface area contributed by atoms with Gasteiger partial charge in [0.25, 0.3) is 0 Å². The molecule has 1 N–H and O–H groups in total. The van der Waals surface area contributed by atoms with Gasteiger partial charge in [-0.25, -0.2) is 0 Å². The molecular weight excluding hydrogens is 218 g/mol. The summed E-state index contributed by atoms with van der Waals surface area (Å²) < 4.78 is 4.84. The third-order valence-corrected chi connectivity index (χ3v) is 2.32. The second-order valence-electron chi connectivity index (χ2n) is 4.69. The summed E-state index contributed by atoms with van der Waals surface area (Å²) in [6.45, 7) is 10.8. The number of ether oxygens (including phenoxy) is 1. The smallest absolute Gasteiger partial charge is 0.311 e. The van der Waals surface area contributed by atoms with Gasteiger partial charge in [-0.15, -0.1) is 0 Å². The Morgan fingerprint density at radius 3 is 2.53 bits per heavy atom. The molecule has 0 saturated carbocycles. The van der Waals surface area contributed by atoms with Crippen molar-refractivity contribution in [2.24, 2.45) is 0 Å². The van der Waals surface area contributed by atoms with Crippen LogP contribution in [0.1, 0.15) is 27.2 Å². The zero-order chi connectivity index (χ0) is 13.3. The van der Waals surface area contributed by atoms with Crippen LogP contribution >= 0.6 is 0 Å². The monoisotopic (exact) mass is 241 g/mol. The molecule has 0 aliphatic carbocycles. The van der Waals surface area contributed by atoms with Crippen LogP contribution in [0.3, 0.4) is 0 Å². The third-order valence-electron chi connectivity index (χ3n) is 2.32. The van der Waals surface area contributed by atoms with Gasteiger partial charge in [0.05, 0.1) is 19.3 Å². The molecule has 0 radical (unpaired) electrons. The lowest BCUT2D eigenvalue weighted by molar-refractivity contribution is -0.138. The summed E-state index contributed by atoms with van der Waals surface area (Å²) in [4.78, 5) is 13.4. The standard InChI is InChI=1S/C13H23NO3/c1-5-6-11-17-12(16)7-8-14(9-10-15)13(2,3)4/h5-6,11,15H,1,7-10H2,2-4H3/b11-6-. The van der Waals surface area contributed by atoms with E-state index >= 15 is 0 Å². The first kappa shape index (κ1) is 15.9. The van der Waals surface area contributed by atoms with Crippen molar-refractivity contribution in [3.8, 4) is 0 Å². The summed E-state index contributed by atoms with van der Waals surface area (Å²) in [6.07, 6.45) is 4.73. The first-order chi connectivity index (χ1) is 7.91. The van der Waals surface area contributed by atoms with Gasteiger partial charge in [0.1, 0.15) is 0 Å². The number of β-amino-alcohol motifs (C(OH)–C–C–N with tert-alkyl or cyclic N) is 1. The van der Waals surface area contributed by atoms with Gasteiger partial charge in [0, 0.05) is 18.6 Å². The first-order valence-electron chi connectivity index (χ1n) is 5.74. The number of carbonyl (C=O) groups is 1. The van der Waals surface area contributed by atoms with Gasteiger partial charge in [0.15, 0.2) is 0 Å². The number of aliphatic hydroxyl groups excluding tert-OH is 1. The number of hydrogen-bond acceptors (Lipinski definition) is 4. The van der Waals surface area contributed by atoms with Crippen molar-refractivity contribution in [2.75, 3.05) is 19.7 Å². The molecule has 0 aromatic rings. The van der Waals surface area contributed by atoms with E-state index in [1.165, 1.54) is 6.26 Å². The zero-order valence-corrected chi connectivity index (χ0v) is 11.0. The molecule has 0 aromatic heterocycles. The third kappa shape index (κ3) is 7.71. The molecule has 98 valence electrons. The molecule has 0 atom stereocenters. The molecule has 0 fully saturated rings. The van der Waals surface area contributed by atoms with Crippen LogP contribution in [0.2, 0.25) is 0 Å². The van der Waals surface area contributed by atoms with Crippen LogP contribution in [0.5, 0.6) is 0 Å². The Bertz CT molecular complexity index is 266. The highest BCUT2D eigenvalue weighted by molar-refractivity contribution is 5.70. The number of nitrogens with zero attached hydrogens (tertiary/aromatic N) is 1. The molecule has 0 spiro atoms. The molecule has 4 nitrogen and oxygen atoms in total. The molecule has 4 heteroatoms. The van der Waals surface area contributed by atoms with Crippen LogP contribution in [-0.4, -0.2) is 41.2 Å². The van der Waals surface area contributed by atoms with Crippen molar-refractivity contribution in [2.45, 2.75) is 32.7 Å². The maximum absolute atomic E-state index is 11.4. The highest BCUT2D eigenvalue weighted by Gasteiger charge is 2.21. The van der Waals surface area contributed by atoms with Crippen molar-refractivity contribution < 1.29 is 14.6 Å². The maximum atomic E-state index is 11.4. The minimum Gasteiger partial charge on any atom is -0.434 e. The van der Waals surface area contributed by atoms with Crippen LogP contribution in [0, 0.1) is 0 Å². The van der Waals surface area contributed by atoms with Gasteiger partial charge >= 0.3 is 5.97 Å². The molecular formula is C13H23NO3. The molecule has 0 amide bonds. The molecule has 0 aromatic carbocycles. The van der Waals surface area contributed by atoms with Crippen LogP contribution in [0.15, 0.2) is 25.0 Å². The summed E-state index contributed by atoms with van der Waals surface area (Å²) in [7, 11) is 0. The summed E-state index contributed by atoms with van der Waals surface area (Å²) in [6, 6.07) is 0. The summed E-state index contributed by atoms with van der Waals surface area (Å²) in [5.41, 5.74) is -0.0695. The lowest BCUT2D eigenvalue weighted by atomic mass is 10.1. The quantitative estimate of drug-likeness (QED) is 0.419. The molecule has 0 heterocycles. The number of allylic oxidation sites excluding steroid dienone is 2. The number of hydrogen-bond donors (Lipinski definition) is 1. The molecule has 0 unspecified atom stereocenters. The van der Waals surface area contributed by atoms with E-state index in [0.717, 1.165) is 0 Å². The first-order valence-corrected chi connectivity index (χ1v) is 5.74. The SMILES string of the molecule is C=C/C=C\OC(=O)CCN(CCO)C(C)(C)C. The van der Waals surface area contributed by atoms with E-state index in [-0.39, 0.29) is 18.1 Å². The summed E-state index contributed by atoms with van der Waals surface area (Å²) in [5.74, 6) is -0.282. The largest absolute Gasteiger partial charge is 0.434 e. The van der Waals surface area contributed by atoms with Crippen LogP contribution < -0.4 is 0 Å². The van der Waals surface area contributed by atoms with E-state index < -0.39 is 0 Å². The Labute approximate surface area is 104 Å². The number of aliphatic hydroxyl groups is 1. The molecule has 0 rings (SSSR count). The van der Waals surface area contributed by atoms with E-state index in [1.54, 1.807) is 12.2 Å².